The van der Waals surface area contributed by atoms with E-state index in [4.69, 9.17) is 4.74 Å². The number of benzene rings is 2. The first-order chi connectivity index (χ1) is 10.7. The molecule has 0 bridgehead atoms. The van der Waals surface area contributed by atoms with Crippen molar-refractivity contribution in [2.75, 3.05) is 0 Å². The molecule has 0 spiro atoms. The number of aromatic amines is 1. The van der Waals surface area contributed by atoms with Gasteiger partial charge in [0.05, 0.1) is 5.52 Å². The quantitative estimate of drug-likeness (QED) is 0.595. The van der Waals surface area contributed by atoms with Crippen LogP contribution >= 0.6 is 0 Å². The molecule has 0 amide bonds. The van der Waals surface area contributed by atoms with Crippen LogP contribution in [0.4, 0.5) is 0 Å². The van der Waals surface area contributed by atoms with Crippen molar-refractivity contribution in [2.24, 2.45) is 0 Å². The van der Waals surface area contributed by atoms with Crippen LogP contribution in [0.25, 0.3) is 17.0 Å². The van der Waals surface area contributed by atoms with E-state index in [1.54, 1.807) is 24.3 Å². The van der Waals surface area contributed by atoms with Crippen LogP contribution in [0.1, 0.15) is 5.56 Å². The maximum Gasteiger partial charge on any atom is 0.336 e. The first kappa shape index (κ1) is 13.8. The smallest absolute Gasteiger partial charge is 0.336 e. The highest BCUT2D eigenvalue weighted by Gasteiger charge is 2.07. The van der Waals surface area contributed by atoms with Gasteiger partial charge in [-0.3, -0.25) is 4.79 Å². The Balaban J connectivity index is 1.85. The summed E-state index contributed by atoms with van der Waals surface area (Å²) in [5.74, 6) is -0.276. The topological polar surface area (TPSA) is 59.2 Å². The third-order valence-corrected chi connectivity index (χ3v) is 3.13. The van der Waals surface area contributed by atoms with E-state index in [2.05, 4.69) is 4.98 Å². The first-order valence-corrected chi connectivity index (χ1v) is 6.79. The molecule has 2 aromatic carbocycles. The van der Waals surface area contributed by atoms with Gasteiger partial charge in [0.15, 0.2) is 0 Å². The number of fused-ring (bicyclic) bond motifs is 1. The Morgan fingerprint density at radius 3 is 2.55 bits per heavy atom. The molecule has 1 N–H and O–H groups in total. The molecule has 0 radical (unpaired) electrons. The third kappa shape index (κ3) is 3.12. The molecule has 0 atom stereocenters. The zero-order chi connectivity index (χ0) is 15.4. The van der Waals surface area contributed by atoms with E-state index < -0.39 is 5.97 Å². The molecule has 0 saturated carbocycles. The summed E-state index contributed by atoms with van der Waals surface area (Å²) in [5, 5.41) is 0.684. The number of hydrogen-bond donors (Lipinski definition) is 1. The van der Waals surface area contributed by atoms with Gasteiger partial charge >= 0.3 is 5.97 Å². The highest BCUT2D eigenvalue weighted by Crippen LogP contribution is 2.21. The Kier molecular flexibility index (Phi) is 3.83. The van der Waals surface area contributed by atoms with Gasteiger partial charge in [-0.15, -0.1) is 0 Å². The maximum atomic E-state index is 11.9. The van der Waals surface area contributed by atoms with Crippen LogP contribution in [0.3, 0.4) is 0 Å². The average molecular weight is 291 g/mol. The lowest BCUT2D eigenvalue weighted by molar-refractivity contribution is -0.128. The van der Waals surface area contributed by atoms with Gasteiger partial charge in [-0.1, -0.05) is 42.5 Å². The molecule has 4 heteroatoms. The molecule has 1 heterocycles. The van der Waals surface area contributed by atoms with Crippen LogP contribution in [0, 0.1) is 0 Å². The van der Waals surface area contributed by atoms with Gasteiger partial charge in [-0.05, 0) is 23.8 Å². The Bertz CT molecular complexity index is 895. The largest absolute Gasteiger partial charge is 0.422 e. The lowest BCUT2D eigenvalue weighted by atomic mass is 10.2. The van der Waals surface area contributed by atoms with E-state index in [-0.39, 0.29) is 11.3 Å². The molecule has 4 nitrogen and oxygen atoms in total. The van der Waals surface area contributed by atoms with Gasteiger partial charge in [-0.25, -0.2) is 4.79 Å². The van der Waals surface area contributed by atoms with Gasteiger partial charge < -0.3 is 9.72 Å². The van der Waals surface area contributed by atoms with Gasteiger partial charge in [-0.2, -0.15) is 0 Å². The maximum absolute atomic E-state index is 11.9. The lowest BCUT2D eigenvalue weighted by Crippen LogP contribution is -2.09. The molecule has 22 heavy (non-hydrogen) atoms. The van der Waals surface area contributed by atoms with Crippen molar-refractivity contribution in [3.05, 3.63) is 82.7 Å². The van der Waals surface area contributed by atoms with Crippen molar-refractivity contribution in [1.29, 1.82) is 0 Å². The molecule has 108 valence electrons. The van der Waals surface area contributed by atoms with Crippen molar-refractivity contribution >= 4 is 22.9 Å². The van der Waals surface area contributed by atoms with Crippen molar-refractivity contribution in [3.8, 4) is 5.75 Å². The number of pyridine rings is 1. The van der Waals surface area contributed by atoms with Gasteiger partial charge in [0, 0.05) is 17.5 Å². The van der Waals surface area contributed by atoms with Crippen LogP contribution in [0.2, 0.25) is 0 Å². The number of carbonyl (C=O) groups is 1. The van der Waals surface area contributed by atoms with Crippen LogP contribution in [-0.4, -0.2) is 11.0 Å². The summed E-state index contributed by atoms with van der Waals surface area (Å²) >= 11 is 0. The van der Waals surface area contributed by atoms with Crippen molar-refractivity contribution in [2.45, 2.75) is 0 Å². The fourth-order valence-corrected chi connectivity index (χ4v) is 2.13. The summed E-state index contributed by atoms with van der Waals surface area (Å²) in [6.07, 6.45) is 3.00. The van der Waals surface area contributed by atoms with Crippen LogP contribution < -0.4 is 10.3 Å². The molecular weight excluding hydrogens is 278 g/mol. The minimum atomic E-state index is -0.528. The minimum absolute atomic E-state index is 0.252. The first-order valence-electron chi connectivity index (χ1n) is 6.79. The molecule has 0 aliphatic rings. The average Bonchev–Trinajstić information content (AvgIpc) is 2.54. The van der Waals surface area contributed by atoms with E-state index >= 15 is 0 Å². The summed E-state index contributed by atoms with van der Waals surface area (Å²) < 4.78 is 5.28. The fourth-order valence-electron chi connectivity index (χ4n) is 2.13. The molecular formula is C18H13NO3. The molecule has 0 aliphatic carbocycles. The number of hydrogen-bond acceptors (Lipinski definition) is 3. The number of rotatable bonds is 3. The summed E-state index contributed by atoms with van der Waals surface area (Å²) in [5.41, 5.74) is 1.22. The summed E-state index contributed by atoms with van der Waals surface area (Å²) in [6, 6.07) is 17.9. The molecule has 0 aliphatic heterocycles. The number of H-pyrrole nitrogens is 1. The molecule has 3 rings (SSSR count). The second kappa shape index (κ2) is 6.10. The monoisotopic (exact) mass is 291 g/mol. The zero-order valence-electron chi connectivity index (χ0n) is 11.7. The fraction of sp³-hybridized carbons (Fsp3) is 0. The third-order valence-electron chi connectivity index (χ3n) is 3.13. The number of esters is 1. The zero-order valence-corrected chi connectivity index (χ0v) is 11.7. The van der Waals surface area contributed by atoms with Crippen LogP contribution in [0.5, 0.6) is 5.75 Å². The van der Waals surface area contributed by atoms with E-state index in [1.807, 2.05) is 36.4 Å². The normalized spacial score (nSPS) is 10.9. The number of para-hydroxylation sites is 1. The highest BCUT2D eigenvalue weighted by molar-refractivity contribution is 5.92. The van der Waals surface area contributed by atoms with E-state index in [0.717, 1.165) is 5.56 Å². The molecule has 0 saturated heterocycles. The Labute approximate surface area is 126 Å². The van der Waals surface area contributed by atoms with Crippen molar-refractivity contribution in [3.63, 3.8) is 0 Å². The Hall–Kier alpha value is -3.14. The van der Waals surface area contributed by atoms with E-state index in [0.29, 0.717) is 10.9 Å². The highest BCUT2D eigenvalue weighted by atomic mass is 16.5. The van der Waals surface area contributed by atoms with Crippen molar-refractivity contribution in [1.82, 2.24) is 4.98 Å². The number of ether oxygens (including phenoxy) is 1. The Morgan fingerprint density at radius 1 is 1.00 bits per heavy atom. The number of carbonyl (C=O) groups excluding carboxylic acids is 1. The van der Waals surface area contributed by atoms with Crippen LogP contribution in [-0.2, 0) is 4.79 Å². The van der Waals surface area contributed by atoms with E-state index in [1.165, 1.54) is 12.1 Å². The predicted molar refractivity (Wildman–Crippen MR) is 85.7 cm³/mol. The molecule has 1 aromatic heterocycles. The standard InChI is InChI=1S/C18H13NO3/c20-17-12-16(14-8-4-5-9-15(14)19-17)22-18(21)11-10-13-6-2-1-3-7-13/h1-12H,(H,19,20)/b11-10+. The molecule has 3 aromatic rings. The number of aromatic nitrogens is 1. The van der Waals surface area contributed by atoms with Gasteiger partial charge in [0.1, 0.15) is 5.75 Å². The van der Waals surface area contributed by atoms with Crippen LogP contribution in [0.15, 0.2) is 71.5 Å². The summed E-state index contributed by atoms with van der Waals surface area (Å²) in [7, 11) is 0. The summed E-state index contributed by atoms with van der Waals surface area (Å²) in [4.78, 5) is 26.2. The van der Waals surface area contributed by atoms with Gasteiger partial charge in [0.2, 0.25) is 0 Å². The molecule has 0 unspecified atom stereocenters. The van der Waals surface area contributed by atoms with Gasteiger partial charge in [0.25, 0.3) is 5.56 Å². The SMILES string of the molecule is O=C(/C=C/c1ccccc1)Oc1cc(=O)[nH]c2ccccc12. The second-order valence-electron chi connectivity index (χ2n) is 4.71. The lowest BCUT2D eigenvalue weighted by Gasteiger charge is -2.05. The molecule has 0 fully saturated rings. The Morgan fingerprint density at radius 2 is 1.73 bits per heavy atom. The van der Waals surface area contributed by atoms with E-state index in [9.17, 15) is 9.59 Å². The minimum Gasteiger partial charge on any atom is -0.422 e. The predicted octanol–water partition coefficient (Wildman–Crippen LogP) is 3.15. The number of nitrogens with one attached hydrogen (secondary N) is 1. The summed E-state index contributed by atoms with van der Waals surface area (Å²) in [6.45, 7) is 0. The second-order valence-corrected chi connectivity index (χ2v) is 4.71. The van der Waals surface area contributed by atoms with Crippen molar-refractivity contribution < 1.29 is 9.53 Å².